The lowest BCUT2D eigenvalue weighted by Crippen LogP contribution is -2.34. The first kappa shape index (κ1) is 16.6. The molecule has 3 nitrogen and oxygen atoms in total. The third kappa shape index (κ3) is 5.28. The van der Waals surface area contributed by atoms with Gasteiger partial charge in [-0.15, -0.1) is 0 Å². The van der Waals surface area contributed by atoms with Crippen molar-refractivity contribution in [3.05, 3.63) is 34.9 Å². The Morgan fingerprint density at radius 1 is 1.50 bits per heavy atom. The number of hydrogen-bond donors (Lipinski definition) is 2. The molecule has 0 heterocycles. The molecule has 4 heteroatoms. The Morgan fingerprint density at radius 2 is 2.25 bits per heavy atom. The van der Waals surface area contributed by atoms with Crippen LogP contribution in [0.15, 0.2) is 18.2 Å². The van der Waals surface area contributed by atoms with E-state index in [4.69, 9.17) is 5.11 Å². The van der Waals surface area contributed by atoms with E-state index in [9.17, 15) is 4.79 Å². The van der Waals surface area contributed by atoms with Crippen molar-refractivity contribution in [3.8, 4) is 11.8 Å². The van der Waals surface area contributed by atoms with Gasteiger partial charge in [-0.05, 0) is 37.3 Å². The van der Waals surface area contributed by atoms with E-state index in [1.807, 2.05) is 19.9 Å². The quantitative estimate of drug-likeness (QED) is 0.818. The average molecular weight is 291 g/mol. The van der Waals surface area contributed by atoms with Crippen molar-refractivity contribution in [2.45, 2.75) is 26.8 Å². The number of hydrogen-bond acceptors (Lipinski definition) is 3. The SMILES string of the molecule is CCSCC(C)NC(=O)c1ccc(C)c(C#CCO)c1. The van der Waals surface area contributed by atoms with Crippen LogP contribution >= 0.6 is 11.8 Å². The summed E-state index contributed by atoms with van der Waals surface area (Å²) in [6.07, 6.45) is 0. The summed E-state index contributed by atoms with van der Waals surface area (Å²) >= 11 is 1.81. The highest BCUT2D eigenvalue weighted by Gasteiger charge is 2.10. The maximum absolute atomic E-state index is 12.1. The minimum absolute atomic E-state index is 0.0822. The lowest BCUT2D eigenvalue weighted by Gasteiger charge is -2.13. The van der Waals surface area contributed by atoms with Crippen LogP contribution in [0, 0.1) is 18.8 Å². The van der Waals surface area contributed by atoms with E-state index in [1.54, 1.807) is 23.9 Å². The summed E-state index contributed by atoms with van der Waals surface area (Å²) in [7, 11) is 0. The van der Waals surface area contributed by atoms with Gasteiger partial charge in [0.1, 0.15) is 6.61 Å². The van der Waals surface area contributed by atoms with Crippen molar-refractivity contribution in [1.29, 1.82) is 0 Å². The molecule has 0 fully saturated rings. The van der Waals surface area contributed by atoms with Crippen LogP contribution in [0.4, 0.5) is 0 Å². The van der Waals surface area contributed by atoms with E-state index in [0.29, 0.717) is 5.56 Å². The monoisotopic (exact) mass is 291 g/mol. The molecule has 1 amide bonds. The maximum Gasteiger partial charge on any atom is 0.251 e. The fraction of sp³-hybridized carbons (Fsp3) is 0.438. The number of aliphatic hydroxyl groups excluding tert-OH is 1. The summed E-state index contributed by atoms with van der Waals surface area (Å²) in [6, 6.07) is 5.59. The highest BCUT2D eigenvalue weighted by molar-refractivity contribution is 7.99. The standard InChI is InChI=1S/C16H21NO2S/c1-4-20-11-13(3)17-16(19)15-8-7-12(2)14(10-15)6-5-9-18/h7-8,10,13,18H,4,9,11H2,1-3H3,(H,17,19). The average Bonchev–Trinajstić information content (AvgIpc) is 2.44. The second-order valence-electron chi connectivity index (χ2n) is 4.52. The molecular formula is C16H21NO2S. The van der Waals surface area contributed by atoms with Gasteiger partial charge in [0.25, 0.3) is 5.91 Å². The topological polar surface area (TPSA) is 49.3 Å². The number of carbonyl (C=O) groups is 1. The van der Waals surface area contributed by atoms with Crippen LogP contribution in [0.25, 0.3) is 0 Å². The molecule has 1 atom stereocenters. The van der Waals surface area contributed by atoms with E-state index in [2.05, 4.69) is 24.1 Å². The fourth-order valence-corrected chi connectivity index (χ4v) is 2.35. The van der Waals surface area contributed by atoms with E-state index in [-0.39, 0.29) is 18.6 Å². The molecule has 1 unspecified atom stereocenters. The maximum atomic E-state index is 12.1. The zero-order valence-corrected chi connectivity index (χ0v) is 13.0. The Labute approximate surface area is 125 Å². The molecule has 0 saturated heterocycles. The first-order valence-electron chi connectivity index (χ1n) is 6.67. The molecule has 0 saturated carbocycles. The van der Waals surface area contributed by atoms with E-state index < -0.39 is 0 Å². The summed E-state index contributed by atoms with van der Waals surface area (Å²) in [4.78, 5) is 12.1. The third-order valence-electron chi connectivity index (χ3n) is 2.75. The van der Waals surface area contributed by atoms with Crippen LogP contribution in [0.3, 0.4) is 0 Å². The third-order valence-corrected chi connectivity index (χ3v) is 3.90. The zero-order valence-electron chi connectivity index (χ0n) is 12.2. The van der Waals surface area contributed by atoms with E-state index >= 15 is 0 Å². The molecule has 1 aromatic rings. The number of aryl methyl sites for hydroxylation is 1. The number of rotatable bonds is 5. The number of carbonyl (C=O) groups excluding carboxylic acids is 1. The largest absolute Gasteiger partial charge is 0.384 e. The normalized spacial score (nSPS) is 11.4. The highest BCUT2D eigenvalue weighted by Crippen LogP contribution is 2.11. The van der Waals surface area contributed by atoms with E-state index in [1.165, 1.54) is 0 Å². The Balaban J connectivity index is 2.78. The number of amides is 1. The van der Waals surface area contributed by atoms with Gasteiger partial charge >= 0.3 is 0 Å². The summed E-state index contributed by atoms with van der Waals surface area (Å²) in [5.41, 5.74) is 2.38. The van der Waals surface area contributed by atoms with Crippen molar-refractivity contribution in [3.63, 3.8) is 0 Å². The molecule has 0 aliphatic rings. The smallest absolute Gasteiger partial charge is 0.251 e. The van der Waals surface area contributed by atoms with Crippen LogP contribution in [-0.4, -0.2) is 35.2 Å². The highest BCUT2D eigenvalue weighted by atomic mass is 32.2. The van der Waals surface area contributed by atoms with Gasteiger partial charge in [0, 0.05) is 22.9 Å². The van der Waals surface area contributed by atoms with Crippen LogP contribution < -0.4 is 5.32 Å². The predicted octanol–water partition coefficient (Wildman–Crippen LogP) is 2.21. The van der Waals surface area contributed by atoms with Crippen molar-refractivity contribution < 1.29 is 9.90 Å². The molecule has 108 valence electrons. The predicted molar refractivity (Wildman–Crippen MR) is 85.1 cm³/mol. The molecule has 0 bridgehead atoms. The van der Waals surface area contributed by atoms with Gasteiger partial charge in [0.05, 0.1) is 0 Å². The molecule has 0 aliphatic carbocycles. The Morgan fingerprint density at radius 3 is 2.90 bits per heavy atom. The summed E-state index contributed by atoms with van der Waals surface area (Å²) in [5.74, 6) is 7.35. The first-order chi connectivity index (χ1) is 9.58. The van der Waals surface area contributed by atoms with E-state index in [0.717, 1.165) is 22.6 Å². The molecule has 1 aromatic carbocycles. The van der Waals surface area contributed by atoms with Crippen molar-refractivity contribution in [2.75, 3.05) is 18.1 Å². The van der Waals surface area contributed by atoms with Crippen LogP contribution in [0.2, 0.25) is 0 Å². The van der Waals surface area contributed by atoms with Crippen LogP contribution in [-0.2, 0) is 0 Å². The summed E-state index contributed by atoms with van der Waals surface area (Å²) < 4.78 is 0. The number of aliphatic hydroxyl groups is 1. The molecule has 0 aromatic heterocycles. The minimum atomic E-state index is -0.179. The fourth-order valence-electron chi connectivity index (χ4n) is 1.68. The van der Waals surface area contributed by atoms with Gasteiger partial charge in [0.2, 0.25) is 0 Å². The lowest BCUT2D eigenvalue weighted by atomic mass is 10.0. The molecular weight excluding hydrogens is 270 g/mol. The van der Waals surface area contributed by atoms with Gasteiger partial charge in [-0.2, -0.15) is 11.8 Å². The van der Waals surface area contributed by atoms with Crippen molar-refractivity contribution in [2.24, 2.45) is 0 Å². The van der Waals surface area contributed by atoms with Gasteiger partial charge in [-0.3, -0.25) is 4.79 Å². The van der Waals surface area contributed by atoms with Crippen LogP contribution in [0.5, 0.6) is 0 Å². The molecule has 2 N–H and O–H groups in total. The van der Waals surface area contributed by atoms with Gasteiger partial charge < -0.3 is 10.4 Å². The second kappa shape index (κ2) is 8.68. The first-order valence-corrected chi connectivity index (χ1v) is 7.83. The number of thioether (sulfide) groups is 1. The Kier molecular flexibility index (Phi) is 7.21. The second-order valence-corrected chi connectivity index (χ2v) is 5.84. The van der Waals surface area contributed by atoms with Crippen molar-refractivity contribution >= 4 is 17.7 Å². The lowest BCUT2D eigenvalue weighted by molar-refractivity contribution is 0.0943. The van der Waals surface area contributed by atoms with Gasteiger partial charge in [-0.1, -0.05) is 24.8 Å². The number of benzene rings is 1. The molecule has 0 aliphatic heterocycles. The summed E-state index contributed by atoms with van der Waals surface area (Å²) in [5, 5.41) is 11.7. The molecule has 1 rings (SSSR count). The van der Waals surface area contributed by atoms with Crippen molar-refractivity contribution in [1.82, 2.24) is 5.32 Å². The summed E-state index contributed by atoms with van der Waals surface area (Å²) in [6.45, 7) is 5.86. The number of nitrogens with one attached hydrogen (secondary N) is 1. The van der Waals surface area contributed by atoms with Gasteiger partial charge in [-0.25, -0.2) is 0 Å². The van der Waals surface area contributed by atoms with Crippen LogP contribution in [0.1, 0.15) is 35.3 Å². The molecule has 0 spiro atoms. The molecule has 0 radical (unpaired) electrons. The Hall–Kier alpha value is -1.44. The minimum Gasteiger partial charge on any atom is -0.384 e. The Bertz CT molecular complexity index is 517. The van der Waals surface area contributed by atoms with Gasteiger partial charge in [0.15, 0.2) is 0 Å². The zero-order chi connectivity index (χ0) is 15.0. The molecule has 20 heavy (non-hydrogen) atoms.